The second-order valence-electron chi connectivity index (χ2n) is 5.72. The van der Waals surface area contributed by atoms with E-state index in [2.05, 4.69) is 16.8 Å². The first-order valence-corrected chi connectivity index (χ1v) is 7.80. The number of nitrogens with zero attached hydrogens (tertiary/aromatic N) is 2. The van der Waals surface area contributed by atoms with Crippen molar-refractivity contribution in [2.24, 2.45) is 0 Å². The number of aliphatic hydroxyl groups excluding tert-OH is 1. The average Bonchev–Trinajstić information content (AvgIpc) is 3.12. The van der Waals surface area contributed by atoms with Gasteiger partial charge in [0.05, 0.1) is 6.61 Å². The van der Waals surface area contributed by atoms with Gasteiger partial charge in [0.25, 0.3) is 0 Å². The van der Waals surface area contributed by atoms with E-state index >= 15 is 0 Å². The first-order chi connectivity index (χ1) is 9.60. The van der Waals surface area contributed by atoms with Crippen LogP contribution < -0.4 is 0 Å². The predicted molar refractivity (Wildman–Crippen MR) is 79.7 cm³/mol. The second kappa shape index (κ2) is 5.31. The summed E-state index contributed by atoms with van der Waals surface area (Å²) in [6, 6.07) is 3.92. The lowest BCUT2D eigenvalue weighted by Gasteiger charge is -2.32. The van der Waals surface area contributed by atoms with Crippen molar-refractivity contribution in [3.63, 3.8) is 0 Å². The lowest BCUT2D eigenvalue weighted by atomic mass is 10.0. The molecule has 0 spiro atoms. The van der Waals surface area contributed by atoms with Crippen LogP contribution in [-0.4, -0.2) is 33.7 Å². The third-order valence-electron chi connectivity index (χ3n) is 4.10. The van der Waals surface area contributed by atoms with Crippen molar-refractivity contribution >= 4 is 11.3 Å². The minimum atomic E-state index is -0.0780. The van der Waals surface area contributed by atoms with E-state index in [-0.39, 0.29) is 12.1 Å². The standard InChI is InChI=1S/C15H20N2O2S/c1-11-4-5-13(19-11)14-16-8-12(20-14)9-17-7-3-6-15(17,2)10-18/h4-5,8,18H,3,6-7,9-10H2,1-2H3. The maximum absolute atomic E-state index is 9.59. The molecule has 1 saturated heterocycles. The third kappa shape index (κ3) is 2.53. The molecule has 2 aromatic rings. The Kier molecular flexibility index (Phi) is 3.67. The zero-order valence-corrected chi connectivity index (χ0v) is 12.7. The smallest absolute Gasteiger partial charge is 0.162 e. The molecule has 1 fully saturated rings. The van der Waals surface area contributed by atoms with Crippen molar-refractivity contribution < 1.29 is 9.52 Å². The number of aromatic nitrogens is 1. The molecule has 0 aliphatic carbocycles. The molecular weight excluding hydrogens is 272 g/mol. The minimum absolute atomic E-state index is 0.0780. The Bertz CT molecular complexity index is 592. The molecule has 0 bridgehead atoms. The molecule has 0 radical (unpaired) electrons. The monoisotopic (exact) mass is 292 g/mol. The lowest BCUT2D eigenvalue weighted by Crippen LogP contribution is -2.43. The quantitative estimate of drug-likeness (QED) is 0.941. The van der Waals surface area contributed by atoms with Crippen LogP contribution in [0.3, 0.4) is 0 Å². The Morgan fingerprint density at radius 1 is 1.50 bits per heavy atom. The van der Waals surface area contributed by atoms with E-state index in [1.807, 2.05) is 25.3 Å². The Morgan fingerprint density at radius 3 is 3.05 bits per heavy atom. The molecule has 0 saturated carbocycles. The predicted octanol–water partition coefficient (Wildman–Crippen LogP) is 3.06. The van der Waals surface area contributed by atoms with Gasteiger partial charge in [-0.15, -0.1) is 11.3 Å². The topological polar surface area (TPSA) is 49.5 Å². The van der Waals surface area contributed by atoms with Gasteiger partial charge in [-0.2, -0.15) is 0 Å². The van der Waals surface area contributed by atoms with Crippen molar-refractivity contribution in [3.8, 4) is 10.8 Å². The van der Waals surface area contributed by atoms with Gasteiger partial charge in [0.1, 0.15) is 5.76 Å². The van der Waals surface area contributed by atoms with Crippen LogP contribution in [0, 0.1) is 6.92 Å². The molecule has 3 rings (SSSR count). The second-order valence-corrected chi connectivity index (χ2v) is 6.84. The van der Waals surface area contributed by atoms with Gasteiger partial charge in [-0.3, -0.25) is 4.90 Å². The van der Waals surface area contributed by atoms with Crippen LogP contribution in [-0.2, 0) is 6.54 Å². The number of aliphatic hydroxyl groups is 1. The van der Waals surface area contributed by atoms with Gasteiger partial charge in [0.15, 0.2) is 10.8 Å². The van der Waals surface area contributed by atoms with Gasteiger partial charge < -0.3 is 9.52 Å². The minimum Gasteiger partial charge on any atom is -0.459 e. The highest BCUT2D eigenvalue weighted by molar-refractivity contribution is 7.14. The normalized spacial score (nSPS) is 23.6. The maximum atomic E-state index is 9.59. The molecule has 1 N–H and O–H groups in total. The fraction of sp³-hybridized carbons (Fsp3) is 0.533. The molecule has 1 aliphatic rings. The van der Waals surface area contributed by atoms with Crippen LogP contribution >= 0.6 is 11.3 Å². The van der Waals surface area contributed by atoms with Crippen LogP contribution in [0.15, 0.2) is 22.7 Å². The van der Waals surface area contributed by atoms with Crippen molar-refractivity contribution in [2.45, 2.75) is 38.8 Å². The summed E-state index contributed by atoms with van der Waals surface area (Å²) in [6.07, 6.45) is 4.14. The largest absolute Gasteiger partial charge is 0.459 e. The van der Waals surface area contributed by atoms with E-state index in [9.17, 15) is 5.11 Å². The summed E-state index contributed by atoms with van der Waals surface area (Å²) in [4.78, 5) is 8.03. The molecule has 2 aromatic heterocycles. The van der Waals surface area contributed by atoms with Gasteiger partial charge in [-0.1, -0.05) is 0 Å². The zero-order valence-electron chi connectivity index (χ0n) is 11.9. The van der Waals surface area contributed by atoms with Crippen LogP contribution in [0.5, 0.6) is 0 Å². The Morgan fingerprint density at radius 2 is 2.35 bits per heavy atom. The molecule has 108 valence electrons. The lowest BCUT2D eigenvalue weighted by molar-refractivity contribution is 0.0741. The first-order valence-electron chi connectivity index (χ1n) is 6.98. The van der Waals surface area contributed by atoms with Gasteiger partial charge in [-0.05, 0) is 45.4 Å². The van der Waals surface area contributed by atoms with Crippen molar-refractivity contribution in [3.05, 3.63) is 29.0 Å². The van der Waals surface area contributed by atoms with Gasteiger partial charge in [-0.25, -0.2) is 4.98 Å². The van der Waals surface area contributed by atoms with E-state index in [1.54, 1.807) is 11.3 Å². The maximum Gasteiger partial charge on any atom is 0.162 e. The zero-order chi connectivity index (χ0) is 14.2. The molecule has 20 heavy (non-hydrogen) atoms. The fourth-order valence-corrected chi connectivity index (χ4v) is 3.65. The summed E-state index contributed by atoms with van der Waals surface area (Å²) >= 11 is 1.67. The van der Waals surface area contributed by atoms with E-state index in [1.165, 1.54) is 4.88 Å². The number of thiazole rings is 1. The fourth-order valence-electron chi connectivity index (χ4n) is 2.76. The molecule has 0 aromatic carbocycles. The Balaban J connectivity index is 1.74. The van der Waals surface area contributed by atoms with Crippen molar-refractivity contribution in [1.29, 1.82) is 0 Å². The summed E-state index contributed by atoms with van der Waals surface area (Å²) in [5.74, 6) is 1.74. The first kappa shape index (κ1) is 13.8. The van der Waals surface area contributed by atoms with E-state index in [4.69, 9.17) is 4.42 Å². The van der Waals surface area contributed by atoms with Crippen LogP contribution in [0.4, 0.5) is 0 Å². The van der Waals surface area contributed by atoms with Gasteiger partial charge in [0, 0.05) is 23.2 Å². The van der Waals surface area contributed by atoms with Crippen molar-refractivity contribution in [1.82, 2.24) is 9.88 Å². The highest BCUT2D eigenvalue weighted by atomic mass is 32.1. The van der Waals surface area contributed by atoms with Gasteiger partial charge in [0.2, 0.25) is 0 Å². The van der Waals surface area contributed by atoms with E-state index in [0.717, 1.165) is 42.5 Å². The van der Waals surface area contributed by atoms with Crippen LogP contribution in [0.25, 0.3) is 10.8 Å². The molecule has 1 atom stereocenters. The number of hydrogen-bond donors (Lipinski definition) is 1. The molecule has 5 heteroatoms. The SMILES string of the molecule is Cc1ccc(-c2ncc(CN3CCCC3(C)CO)s2)o1. The Labute approximate surface area is 123 Å². The summed E-state index contributed by atoms with van der Waals surface area (Å²) in [7, 11) is 0. The molecule has 0 amide bonds. The molecular formula is C15H20N2O2S. The number of aryl methyl sites for hydroxylation is 1. The third-order valence-corrected chi connectivity index (χ3v) is 5.10. The average molecular weight is 292 g/mol. The van der Waals surface area contributed by atoms with E-state index in [0.29, 0.717) is 0 Å². The van der Waals surface area contributed by atoms with E-state index < -0.39 is 0 Å². The summed E-state index contributed by atoms with van der Waals surface area (Å²) in [5.41, 5.74) is -0.0780. The highest BCUT2D eigenvalue weighted by Gasteiger charge is 2.35. The molecule has 3 heterocycles. The number of likely N-dealkylation sites (tertiary alicyclic amines) is 1. The van der Waals surface area contributed by atoms with Crippen LogP contribution in [0.2, 0.25) is 0 Å². The number of rotatable bonds is 4. The van der Waals surface area contributed by atoms with Crippen molar-refractivity contribution in [2.75, 3.05) is 13.2 Å². The molecule has 1 unspecified atom stereocenters. The number of furan rings is 1. The highest BCUT2D eigenvalue weighted by Crippen LogP contribution is 2.33. The van der Waals surface area contributed by atoms with Gasteiger partial charge >= 0.3 is 0 Å². The van der Waals surface area contributed by atoms with Crippen LogP contribution in [0.1, 0.15) is 30.4 Å². The summed E-state index contributed by atoms with van der Waals surface area (Å²) < 4.78 is 5.61. The molecule has 4 nitrogen and oxygen atoms in total. The summed E-state index contributed by atoms with van der Waals surface area (Å²) in [5, 5.41) is 10.5. The Hall–Kier alpha value is -1.17. The number of hydrogen-bond acceptors (Lipinski definition) is 5. The molecule has 1 aliphatic heterocycles. The summed E-state index contributed by atoms with van der Waals surface area (Å²) in [6.45, 7) is 6.20.